The van der Waals surface area contributed by atoms with E-state index in [1.807, 2.05) is 20.8 Å². The van der Waals surface area contributed by atoms with Crippen LogP contribution < -0.4 is 25.0 Å². The summed E-state index contributed by atoms with van der Waals surface area (Å²) in [5.41, 5.74) is -0.0811. The number of carbonyl (C=O) groups is 1. The van der Waals surface area contributed by atoms with Gasteiger partial charge in [0, 0.05) is 11.8 Å². The third-order valence-corrected chi connectivity index (χ3v) is 5.76. The molecule has 0 saturated heterocycles. The van der Waals surface area contributed by atoms with Crippen LogP contribution in [0.25, 0.3) is 11.0 Å². The number of nitrogens with one attached hydrogen (secondary N) is 1. The van der Waals surface area contributed by atoms with Crippen molar-refractivity contribution in [2.45, 2.75) is 32.4 Å². The molecule has 4 rings (SSSR count). The van der Waals surface area contributed by atoms with Gasteiger partial charge in [-0.25, -0.2) is 0 Å². The Morgan fingerprint density at radius 1 is 0.897 bits per heavy atom. The lowest BCUT2D eigenvalue weighted by Crippen LogP contribution is -2.20. The molecule has 0 spiro atoms. The van der Waals surface area contributed by atoms with Gasteiger partial charge in [-0.3, -0.25) is 9.59 Å². The second-order valence-corrected chi connectivity index (χ2v) is 9.69. The maximum atomic E-state index is 13.9. The number of benzene rings is 3. The van der Waals surface area contributed by atoms with Gasteiger partial charge in [-0.2, -0.15) is 13.2 Å². The van der Waals surface area contributed by atoms with Gasteiger partial charge in [0.2, 0.25) is 11.2 Å². The van der Waals surface area contributed by atoms with Crippen molar-refractivity contribution in [3.63, 3.8) is 0 Å². The van der Waals surface area contributed by atoms with Crippen LogP contribution in [-0.4, -0.2) is 19.6 Å². The predicted molar refractivity (Wildman–Crippen MR) is 140 cm³/mol. The lowest BCUT2D eigenvalue weighted by atomic mass is 9.87. The fraction of sp³-hybridized carbons (Fsp3) is 0.241. The number of halogens is 3. The van der Waals surface area contributed by atoms with Gasteiger partial charge in [0.25, 0.3) is 11.7 Å². The molecule has 0 saturated carbocycles. The average Bonchev–Trinajstić information content (AvgIpc) is 2.88. The number of hydrogen-bond acceptors (Lipinski definition) is 6. The second kappa shape index (κ2) is 10.7. The Morgan fingerprint density at radius 2 is 1.51 bits per heavy atom. The van der Waals surface area contributed by atoms with Crippen molar-refractivity contribution in [3.05, 3.63) is 88.3 Å². The number of anilines is 1. The summed E-state index contributed by atoms with van der Waals surface area (Å²) in [6.45, 7) is 5.55. The topological polar surface area (TPSA) is 87.0 Å². The largest absolute Gasteiger partial charge is 0.497 e. The van der Waals surface area contributed by atoms with E-state index in [1.54, 1.807) is 36.4 Å². The highest BCUT2D eigenvalue weighted by atomic mass is 19.4. The summed E-state index contributed by atoms with van der Waals surface area (Å²) in [6.07, 6.45) is -5.01. The van der Waals surface area contributed by atoms with E-state index < -0.39 is 35.6 Å². The Bertz CT molecular complexity index is 1540. The van der Waals surface area contributed by atoms with Crippen LogP contribution in [0.4, 0.5) is 18.9 Å². The first kappa shape index (κ1) is 27.6. The Morgan fingerprint density at radius 3 is 2.10 bits per heavy atom. The number of hydrogen-bond donors (Lipinski definition) is 1. The summed E-state index contributed by atoms with van der Waals surface area (Å²) in [5.74, 6) is -2.33. The summed E-state index contributed by atoms with van der Waals surface area (Å²) in [7, 11) is 1.52. The zero-order valence-electron chi connectivity index (χ0n) is 21.6. The highest BCUT2D eigenvalue weighted by Crippen LogP contribution is 2.39. The third-order valence-electron chi connectivity index (χ3n) is 5.76. The number of alkyl halides is 3. The van der Waals surface area contributed by atoms with Gasteiger partial charge in [0.1, 0.15) is 22.8 Å². The second-order valence-electron chi connectivity index (χ2n) is 9.69. The molecular formula is C29H26F3NO6. The quantitative estimate of drug-likeness (QED) is 0.273. The minimum absolute atomic E-state index is 0.0371. The van der Waals surface area contributed by atoms with Gasteiger partial charge in [-0.1, -0.05) is 32.9 Å². The molecule has 0 unspecified atom stereocenters. The number of methoxy groups -OCH3 is 1. The fourth-order valence-electron chi connectivity index (χ4n) is 3.69. The minimum atomic E-state index is -5.01. The van der Waals surface area contributed by atoms with Crippen LogP contribution >= 0.6 is 0 Å². The van der Waals surface area contributed by atoms with E-state index in [-0.39, 0.29) is 27.9 Å². The van der Waals surface area contributed by atoms with Crippen LogP contribution in [0.15, 0.2) is 75.9 Å². The van der Waals surface area contributed by atoms with E-state index in [9.17, 15) is 22.8 Å². The molecule has 1 N–H and O–H groups in total. The highest BCUT2D eigenvalue weighted by molar-refractivity contribution is 5.92. The summed E-state index contributed by atoms with van der Waals surface area (Å²) in [5, 5.41) is 2.48. The minimum Gasteiger partial charge on any atom is -0.497 e. The van der Waals surface area contributed by atoms with Gasteiger partial charge in [0.15, 0.2) is 6.61 Å². The molecular weight excluding hydrogens is 515 g/mol. The van der Waals surface area contributed by atoms with Crippen molar-refractivity contribution in [2.24, 2.45) is 0 Å². The first-order valence-electron chi connectivity index (χ1n) is 11.9. The Hall–Kier alpha value is -4.47. The molecule has 0 aliphatic carbocycles. The highest BCUT2D eigenvalue weighted by Gasteiger charge is 2.40. The van der Waals surface area contributed by atoms with Gasteiger partial charge in [0.05, 0.1) is 12.5 Å². The smallest absolute Gasteiger partial charge is 0.453 e. The molecule has 0 aliphatic rings. The molecule has 0 aliphatic heterocycles. The Kier molecular flexibility index (Phi) is 7.58. The molecule has 0 bridgehead atoms. The number of amides is 1. The first-order valence-corrected chi connectivity index (χ1v) is 11.9. The molecule has 39 heavy (non-hydrogen) atoms. The Labute approximate surface area is 222 Å². The molecule has 0 fully saturated rings. The summed E-state index contributed by atoms with van der Waals surface area (Å²) < 4.78 is 62.6. The molecule has 1 amide bonds. The molecule has 204 valence electrons. The van der Waals surface area contributed by atoms with Gasteiger partial charge in [-0.15, -0.1) is 0 Å². The van der Waals surface area contributed by atoms with Crippen LogP contribution in [0, 0.1) is 0 Å². The maximum Gasteiger partial charge on any atom is 0.453 e. The van der Waals surface area contributed by atoms with E-state index in [0.29, 0.717) is 11.4 Å². The van der Waals surface area contributed by atoms with E-state index in [2.05, 4.69) is 5.32 Å². The van der Waals surface area contributed by atoms with Crippen molar-refractivity contribution >= 4 is 22.6 Å². The number of rotatable bonds is 7. The maximum absolute atomic E-state index is 13.9. The lowest BCUT2D eigenvalue weighted by Gasteiger charge is -2.19. The van der Waals surface area contributed by atoms with Gasteiger partial charge < -0.3 is 23.9 Å². The van der Waals surface area contributed by atoms with E-state index in [4.69, 9.17) is 18.6 Å². The lowest BCUT2D eigenvalue weighted by molar-refractivity contribution is -0.154. The standard InChI is InChI=1S/C29H26F3NO6/c1-28(2,3)17-5-9-20(10-6-17)38-26-25(35)22-14-13-21(15-23(22)39-27(26)29(30,31)32)37-16-24(34)33-18-7-11-19(36-4)12-8-18/h5-15H,16H2,1-4H3,(H,33,34). The summed E-state index contributed by atoms with van der Waals surface area (Å²) in [4.78, 5) is 25.3. The predicted octanol–water partition coefficient (Wildman–Crippen LogP) is 6.93. The summed E-state index contributed by atoms with van der Waals surface area (Å²) in [6, 6.07) is 16.8. The zero-order valence-corrected chi connectivity index (χ0v) is 21.6. The molecule has 1 heterocycles. The van der Waals surface area contributed by atoms with Crippen molar-refractivity contribution in [2.75, 3.05) is 19.0 Å². The average molecular weight is 542 g/mol. The fourth-order valence-corrected chi connectivity index (χ4v) is 3.69. The van der Waals surface area contributed by atoms with E-state index in [1.165, 1.54) is 31.4 Å². The van der Waals surface area contributed by atoms with Crippen LogP contribution in [0.2, 0.25) is 0 Å². The first-order chi connectivity index (χ1) is 18.3. The molecule has 7 nitrogen and oxygen atoms in total. The van der Waals surface area contributed by atoms with Crippen LogP contribution in [0.3, 0.4) is 0 Å². The number of carbonyl (C=O) groups excluding carboxylic acids is 1. The van der Waals surface area contributed by atoms with Crippen molar-refractivity contribution in [3.8, 4) is 23.0 Å². The molecule has 0 radical (unpaired) electrons. The van der Waals surface area contributed by atoms with Crippen LogP contribution in [-0.2, 0) is 16.4 Å². The van der Waals surface area contributed by atoms with Gasteiger partial charge in [-0.05, 0) is 59.5 Å². The van der Waals surface area contributed by atoms with E-state index >= 15 is 0 Å². The van der Waals surface area contributed by atoms with Crippen LogP contribution in [0.5, 0.6) is 23.0 Å². The number of fused-ring (bicyclic) bond motifs is 1. The Balaban J connectivity index is 1.57. The van der Waals surface area contributed by atoms with Crippen molar-refractivity contribution < 1.29 is 36.6 Å². The monoisotopic (exact) mass is 541 g/mol. The van der Waals surface area contributed by atoms with Crippen LogP contribution in [0.1, 0.15) is 32.1 Å². The molecule has 3 aromatic carbocycles. The third kappa shape index (κ3) is 6.51. The zero-order chi connectivity index (χ0) is 28.4. The van der Waals surface area contributed by atoms with Crippen molar-refractivity contribution in [1.29, 1.82) is 0 Å². The molecule has 0 atom stereocenters. The normalized spacial score (nSPS) is 11.8. The molecule has 4 aromatic rings. The molecule has 1 aromatic heterocycles. The van der Waals surface area contributed by atoms with Gasteiger partial charge >= 0.3 is 6.18 Å². The molecule has 10 heteroatoms. The van der Waals surface area contributed by atoms with E-state index in [0.717, 1.165) is 11.6 Å². The van der Waals surface area contributed by atoms with Crippen molar-refractivity contribution in [1.82, 2.24) is 0 Å². The SMILES string of the molecule is COc1ccc(NC(=O)COc2ccc3c(=O)c(Oc4ccc(C(C)(C)C)cc4)c(C(F)(F)F)oc3c2)cc1. The summed E-state index contributed by atoms with van der Waals surface area (Å²) >= 11 is 0. The number of ether oxygens (including phenoxy) is 3.